The van der Waals surface area contributed by atoms with Crippen molar-refractivity contribution in [2.45, 2.75) is 17.9 Å². The van der Waals surface area contributed by atoms with Gasteiger partial charge in [-0.25, -0.2) is 4.79 Å². The van der Waals surface area contributed by atoms with Crippen molar-refractivity contribution in [3.8, 4) is 5.75 Å². The van der Waals surface area contributed by atoms with Crippen LogP contribution >= 0.6 is 11.8 Å². The lowest BCUT2D eigenvalue weighted by molar-refractivity contribution is -0.139. The highest BCUT2D eigenvalue weighted by Gasteiger charge is 2.16. The van der Waals surface area contributed by atoms with Crippen molar-refractivity contribution in [2.75, 3.05) is 12.4 Å². The molecule has 3 aromatic carbocycles. The predicted octanol–water partition coefficient (Wildman–Crippen LogP) is 4.46. The molecular formula is C24H23NO4S. The summed E-state index contributed by atoms with van der Waals surface area (Å²) in [5.74, 6) is -0.290. The van der Waals surface area contributed by atoms with Gasteiger partial charge in [0.1, 0.15) is 5.75 Å². The molecule has 6 heteroatoms. The number of aryl methyl sites for hydroxylation is 1. The van der Waals surface area contributed by atoms with Crippen molar-refractivity contribution in [3.63, 3.8) is 0 Å². The van der Waals surface area contributed by atoms with Gasteiger partial charge in [0.2, 0.25) is 5.91 Å². The highest BCUT2D eigenvalue weighted by Crippen LogP contribution is 2.26. The first-order valence-corrected chi connectivity index (χ1v) is 10.5. The van der Waals surface area contributed by atoms with Gasteiger partial charge in [0.15, 0.2) is 6.61 Å². The average molecular weight is 422 g/mol. The molecule has 0 aromatic heterocycles. The van der Waals surface area contributed by atoms with Crippen molar-refractivity contribution < 1.29 is 19.4 Å². The number of carboxylic acids is 1. The van der Waals surface area contributed by atoms with Crippen LogP contribution in [0.4, 0.5) is 0 Å². The van der Waals surface area contributed by atoms with E-state index in [2.05, 4.69) is 5.32 Å². The number of amides is 1. The zero-order valence-electron chi connectivity index (χ0n) is 16.6. The standard InChI is InChI=1S/C24H23NO4S/c1-17-14-20(12-13-21(17)29-15-23(27)28)30-16-22(26)25-24(18-8-4-2-5-9-18)19-10-6-3-7-11-19/h2-14,24H,15-16H2,1H3,(H,25,26)(H,27,28). The molecule has 0 bridgehead atoms. The van der Waals surface area contributed by atoms with Crippen LogP contribution in [-0.2, 0) is 9.59 Å². The molecule has 1 amide bonds. The minimum Gasteiger partial charge on any atom is -0.482 e. The first kappa shape index (κ1) is 21.5. The fourth-order valence-electron chi connectivity index (χ4n) is 3.01. The molecule has 0 aliphatic rings. The third-order valence-corrected chi connectivity index (χ3v) is 5.43. The monoisotopic (exact) mass is 421 g/mol. The number of hydrogen-bond donors (Lipinski definition) is 2. The molecule has 0 radical (unpaired) electrons. The van der Waals surface area contributed by atoms with E-state index < -0.39 is 5.97 Å². The Morgan fingerprint density at radius 1 is 0.967 bits per heavy atom. The number of aliphatic carboxylic acids is 1. The summed E-state index contributed by atoms with van der Waals surface area (Å²) in [6, 6.07) is 25.0. The smallest absolute Gasteiger partial charge is 0.341 e. The van der Waals surface area contributed by atoms with Gasteiger partial charge >= 0.3 is 5.97 Å². The largest absolute Gasteiger partial charge is 0.482 e. The fourth-order valence-corrected chi connectivity index (χ4v) is 3.82. The molecule has 0 aliphatic heterocycles. The van der Waals surface area contributed by atoms with Gasteiger partial charge in [-0.3, -0.25) is 4.79 Å². The molecule has 0 fully saturated rings. The highest BCUT2D eigenvalue weighted by atomic mass is 32.2. The van der Waals surface area contributed by atoms with Gasteiger partial charge in [0.05, 0.1) is 11.8 Å². The quantitative estimate of drug-likeness (QED) is 0.499. The second-order valence-corrected chi connectivity index (χ2v) is 7.77. The van der Waals surface area contributed by atoms with E-state index in [1.165, 1.54) is 11.8 Å². The van der Waals surface area contributed by atoms with Crippen LogP contribution < -0.4 is 10.1 Å². The zero-order valence-corrected chi connectivity index (χ0v) is 17.4. The lowest BCUT2D eigenvalue weighted by Crippen LogP contribution is -2.30. The van der Waals surface area contributed by atoms with Crippen LogP contribution in [-0.4, -0.2) is 29.3 Å². The summed E-state index contributed by atoms with van der Waals surface area (Å²) in [6.07, 6.45) is 0. The zero-order chi connectivity index (χ0) is 21.3. The second kappa shape index (κ2) is 10.5. The first-order valence-electron chi connectivity index (χ1n) is 9.50. The second-order valence-electron chi connectivity index (χ2n) is 6.72. The Hall–Kier alpha value is -3.25. The third-order valence-electron chi connectivity index (χ3n) is 4.44. The molecule has 30 heavy (non-hydrogen) atoms. The van der Waals surface area contributed by atoms with Gasteiger partial charge in [0, 0.05) is 4.90 Å². The summed E-state index contributed by atoms with van der Waals surface area (Å²) < 4.78 is 5.24. The molecule has 0 unspecified atom stereocenters. The van der Waals surface area contributed by atoms with Crippen LogP contribution in [0.3, 0.4) is 0 Å². The molecular weight excluding hydrogens is 398 g/mol. The minimum atomic E-state index is -1.02. The van der Waals surface area contributed by atoms with Gasteiger partial charge in [-0.15, -0.1) is 11.8 Å². The maximum Gasteiger partial charge on any atom is 0.341 e. The molecule has 2 N–H and O–H groups in total. The first-order chi connectivity index (χ1) is 14.5. The molecule has 0 spiro atoms. The lowest BCUT2D eigenvalue weighted by atomic mass is 9.99. The van der Waals surface area contributed by atoms with E-state index in [1.807, 2.05) is 79.7 Å². The number of thioether (sulfide) groups is 1. The van der Waals surface area contributed by atoms with Crippen molar-refractivity contribution in [3.05, 3.63) is 95.6 Å². The van der Waals surface area contributed by atoms with Crippen LogP contribution in [0.5, 0.6) is 5.75 Å². The molecule has 0 saturated heterocycles. The number of ether oxygens (including phenoxy) is 1. The Labute approximate surface area is 180 Å². The van der Waals surface area contributed by atoms with Crippen molar-refractivity contribution >= 4 is 23.6 Å². The molecule has 5 nitrogen and oxygen atoms in total. The van der Waals surface area contributed by atoms with Crippen LogP contribution in [0.1, 0.15) is 22.7 Å². The molecule has 3 rings (SSSR count). The van der Waals surface area contributed by atoms with E-state index in [4.69, 9.17) is 9.84 Å². The van der Waals surface area contributed by atoms with E-state index in [9.17, 15) is 9.59 Å². The Balaban J connectivity index is 1.63. The Bertz CT molecular complexity index is 953. The van der Waals surface area contributed by atoms with E-state index in [0.29, 0.717) is 5.75 Å². The normalized spacial score (nSPS) is 10.6. The number of carbonyl (C=O) groups is 2. The Morgan fingerprint density at radius 2 is 1.57 bits per heavy atom. The summed E-state index contributed by atoms with van der Waals surface area (Å²) in [4.78, 5) is 24.2. The van der Waals surface area contributed by atoms with Crippen LogP contribution in [0.2, 0.25) is 0 Å². The summed E-state index contributed by atoms with van der Waals surface area (Å²) in [7, 11) is 0. The lowest BCUT2D eigenvalue weighted by Gasteiger charge is -2.20. The van der Waals surface area contributed by atoms with Gasteiger partial charge in [-0.05, 0) is 41.8 Å². The van der Waals surface area contributed by atoms with Crippen molar-refractivity contribution in [1.82, 2.24) is 5.32 Å². The Kier molecular flexibility index (Phi) is 7.51. The maximum absolute atomic E-state index is 12.7. The SMILES string of the molecule is Cc1cc(SCC(=O)NC(c2ccccc2)c2ccccc2)ccc1OCC(=O)O. The predicted molar refractivity (Wildman–Crippen MR) is 118 cm³/mol. The van der Waals surface area contributed by atoms with Gasteiger partial charge in [-0.2, -0.15) is 0 Å². The molecule has 3 aromatic rings. The minimum absolute atomic E-state index is 0.0680. The van der Waals surface area contributed by atoms with Crippen molar-refractivity contribution in [2.24, 2.45) is 0 Å². The number of rotatable bonds is 9. The topological polar surface area (TPSA) is 75.6 Å². The molecule has 0 aliphatic carbocycles. The van der Waals surface area contributed by atoms with Gasteiger partial charge in [0.25, 0.3) is 0 Å². The Morgan fingerprint density at radius 3 is 2.10 bits per heavy atom. The summed E-state index contributed by atoms with van der Waals surface area (Å²) in [5, 5.41) is 11.9. The fraction of sp³-hybridized carbons (Fsp3) is 0.167. The van der Waals surface area contributed by atoms with E-state index >= 15 is 0 Å². The van der Waals surface area contributed by atoms with Gasteiger partial charge < -0.3 is 15.2 Å². The van der Waals surface area contributed by atoms with E-state index in [0.717, 1.165) is 21.6 Å². The van der Waals surface area contributed by atoms with Crippen LogP contribution in [0.25, 0.3) is 0 Å². The van der Waals surface area contributed by atoms with Crippen LogP contribution in [0, 0.1) is 6.92 Å². The van der Waals surface area contributed by atoms with E-state index in [1.54, 1.807) is 6.07 Å². The van der Waals surface area contributed by atoms with E-state index in [-0.39, 0.29) is 24.3 Å². The number of hydrogen-bond acceptors (Lipinski definition) is 4. The molecule has 0 atom stereocenters. The molecule has 0 heterocycles. The number of nitrogens with one attached hydrogen (secondary N) is 1. The van der Waals surface area contributed by atoms with Gasteiger partial charge in [-0.1, -0.05) is 60.7 Å². The van der Waals surface area contributed by atoms with Crippen LogP contribution in [0.15, 0.2) is 83.8 Å². The molecule has 0 saturated carbocycles. The maximum atomic E-state index is 12.7. The highest BCUT2D eigenvalue weighted by molar-refractivity contribution is 8.00. The number of carboxylic acid groups (broad SMARTS) is 1. The summed E-state index contributed by atoms with van der Waals surface area (Å²) in [6.45, 7) is 1.47. The van der Waals surface area contributed by atoms with Crippen molar-refractivity contribution in [1.29, 1.82) is 0 Å². The summed E-state index contributed by atoms with van der Waals surface area (Å²) in [5.41, 5.74) is 2.88. The average Bonchev–Trinajstić information content (AvgIpc) is 2.76. The third kappa shape index (κ3) is 6.12. The number of carbonyl (C=O) groups excluding carboxylic acids is 1. The summed E-state index contributed by atoms with van der Waals surface area (Å²) >= 11 is 1.42. The number of benzene rings is 3. The molecule has 154 valence electrons.